The van der Waals surface area contributed by atoms with Gasteiger partial charge in [-0.3, -0.25) is 0 Å². The summed E-state index contributed by atoms with van der Waals surface area (Å²) in [6.07, 6.45) is 0. The van der Waals surface area contributed by atoms with Crippen LogP contribution in [-0.4, -0.2) is 19.9 Å². The third-order valence-corrected chi connectivity index (χ3v) is 7.06. The van der Waals surface area contributed by atoms with Gasteiger partial charge in [-0.05, 0) is 47.5 Å². The first-order valence-electron chi connectivity index (χ1n) is 11.9. The number of aromatic nitrogens is 4. The van der Waals surface area contributed by atoms with Crippen LogP contribution in [0.3, 0.4) is 0 Å². The number of fused-ring (bicyclic) bond motifs is 8. The van der Waals surface area contributed by atoms with Crippen molar-refractivity contribution < 1.29 is 17.6 Å². The molecule has 0 radical (unpaired) electrons. The SMILES string of the molecule is N#CC(C#N)=C1c2cc(F)ccc2-c2nc3c(F)c4nc5c(nc4c(F)c3nc21)-c1ccc(F)cc1C5=C(C#N)C#N. The summed E-state index contributed by atoms with van der Waals surface area (Å²) in [7, 11) is 0. The Morgan fingerprint density at radius 3 is 1.14 bits per heavy atom. The van der Waals surface area contributed by atoms with Gasteiger partial charge in [0.05, 0.1) is 11.4 Å². The molecule has 0 saturated heterocycles. The van der Waals surface area contributed by atoms with Gasteiger partial charge in [-0.25, -0.2) is 37.5 Å². The molecule has 0 bridgehead atoms. The van der Waals surface area contributed by atoms with Crippen LogP contribution in [0.1, 0.15) is 22.5 Å². The van der Waals surface area contributed by atoms with Gasteiger partial charge in [0.1, 0.15) is 80.5 Å². The molecule has 0 amide bonds. The molecule has 0 N–H and O–H groups in total. The number of hydrogen-bond acceptors (Lipinski definition) is 8. The fraction of sp³-hybridized carbons (Fsp3) is 0. The second-order valence-electron chi connectivity index (χ2n) is 9.19. The van der Waals surface area contributed by atoms with E-state index < -0.39 is 56.5 Å². The number of rotatable bonds is 0. The second-order valence-corrected chi connectivity index (χ2v) is 9.19. The Morgan fingerprint density at radius 1 is 0.476 bits per heavy atom. The van der Waals surface area contributed by atoms with E-state index in [0.717, 1.165) is 24.3 Å². The molecule has 8 nitrogen and oxygen atoms in total. The fourth-order valence-electron chi connectivity index (χ4n) is 5.33. The van der Waals surface area contributed by atoms with Crippen LogP contribution in [0.25, 0.3) is 55.7 Å². The van der Waals surface area contributed by atoms with Gasteiger partial charge in [0.25, 0.3) is 0 Å². The van der Waals surface area contributed by atoms with Gasteiger partial charge in [0, 0.05) is 22.3 Å². The molecule has 0 aliphatic heterocycles. The topological polar surface area (TPSA) is 147 Å². The largest absolute Gasteiger partial charge is 0.241 e. The van der Waals surface area contributed by atoms with Crippen LogP contribution in [0, 0.1) is 68.6 Å². The molecule has 0 spiro atoms. The van der Waals surface area contributed by atoms with Crippen LogP contribution >= 0.6 is 0 Å². The van der Waals surface area contributed by atoms with Gasteiger partial charge >= 0.3 is 0 Å². The monoisotopic (exact) mass is 554 g/mol. The predicted molar refractivity (Wildman–Crippen MR) is 138 cm³/mol. The maximum atomic E-state index is 16.1. The number of halogens is 4. The molecule has 12 heteroatoms. The normalized spacial score (nSPS) is 12.1. The maximum Gasteiger partial charge on any atom is 0.179 e. The summed E-state index contributed by atoms with van der Waals surface area (Å²) < 4.78 is 60.6. The Balaban J connectivity index is 1.61. The van der Waals surface area contributed by atoms with Crippen molar-refractivity contribution in [1.29, 1.82) is 21.0 Å². The molecule has 3 aromatic carbocycles. The van der Waals surface area contributed by atoms with E-state index in [1.165, 1.54) is 12.1 Å². The van der Waals surface area contributed by atoms with Crippen LogP contribution < -0.4 is 0 Å². The van der Waals surface area contributed by atoms with Gasteiger partial charge < -0.3 is 0 Å². The molecule has 2 aliphatic rings. The molecule has 0 fully saturated rings. The summed E-state index contributed by atoms with van der Waals surface area (Å²) in [4.78, 5) is 17.1. The Labute approximate surface area is 232 Å². The lowest BCUT2D eigenvalue weighted by molar-refractivity contribution is 0.625. The third-order valence-electron chi connectivity index (χ3n) is 7.06. The second kappa shape index (κ2) is 8.50. The highest BCUT2D eigenvalue weighted by Crippen LogP contribution is 2.47. The van der Waals surface area contributed by atoms with Gasteiger partial charge in [0.15, 0.2) is 11.6 Å². The van der Waals surface area contributed by atoms with E-state index in [4.69, 9.17) is 0 Å². The first-order valence-corrected chi connectivity index (χ1v) is 11.9. The van der Waals surface area contributed by atoms with Crippen molar-refractivity contribution in [3.8, 4) is 46.8 Å². The average Bonchev–Trinajstić information content (AvgIpc) is 3.47. The van der Waals surface area contributed by atoms with E-state index in [9.17, 15) is 29.8 Å². The lowest BCUT2D eigenvalue weighted by atomic mass is 10.0. The standard InChI is InChI=1S/C30H6F4N8/c31-13-1-3-15-17(5-13)19(11(7-35)8-36)25-23(15)39-27-21(33)30-28(22(34)29(27)41-25)40-24-16-4-2-14(32)6-18(16)20(26(24)42-30)12(9-37)10-38/h1-6H. The van der Waals surface area contributed by atoms with Crippen molar-refractivity contribution in [2.24, 2.45) is 0 Å². The minimum atomic E-state index is -1.13. The molecule has 42 heavy (non-hydrogen) atoms. The minimum absolute atomic E-state index is 0.0121. The van der Waals surface area contributed by atoms with Crippen LogP contribution in [0.2, 0.25) is 0 Å². The number of hydrogen-bond donors (Lipinski definition) is 0. The highest BCUT2D eigenvalue weighted by atomic mass is 19.1. The smallest absolute Gasteiger partial charge is 0.179 e. The van der Waals surface area contributed by atoms with E-state index in [1.54, 1.807) is 24.3 Å². The van der Waals surface area contributed by atoms with Crippen molar-refractivity contribution in [2.45, 2.75) is 0 Å². The first-order chi connectivity index (χ1) is 20.3. The fourth-order valence-corrected chi connectivity index (χ4v) is 5.33. The Morgan fingerprint density at radius 2 is 0.810 bits per heavy atom. The lowest BCUT2D eigenvalue weighted by Crippen LogP contribution is -2.04. The lowest BCUT2D eigenvalue weighted by Gasteiger charge is -2.10. The molecule has 2 aromatic heterocycles. The number of nitrogens with zero attached hydrogens (tertiary/aromatic N) is 8. The van der Waals surface area contributed by atoms with Crippen LogP contribution in [0.5, 0.6) is 0 Å². The van der Waals surface area contributed by atoms with Crippen molar-refractivity contribution in [2.75, 3.05) is 0 Å². The first kappa shape index (κ1) is 24.5. The molecule has 2 aliphatic carbocycles. The summed E-state index contributed by atoms with van der Waals surface area (Å²) >= 11 is 0. The molecule has 2 heterocycles. The number of allylic oxidation sites excluding steroid dienone is 2. The molecule has 0 saturated carbocycles. The Hall–Kier alpha value is -6.50. The zero-order valence-corrected chi connectivity index (χ0v) is 20.6. The van der Waals surface area contributed by atoms with E-state index >= 15 is 8.78 Å². The van der Waals surface area contributed by atoms with Crippen LogP contribution in [-0.2, 0) is 0 Å². The van der Waals surface area contributed by atoms with Gasteiger partial charge in [-0.1, -0.05) is 0 Å². The minimum Gasteiger partial charge on any atom is -0.241 e. The number of benzene rings is 3. The molecule has 0 unspecified atom stereocenters. The maximum absolute atomic E-state index is 16.1. The third kappa shape index (κ3) is 3.06. The van der Waals surface area contributed by atoms with Gasteiger partial charge in [-0.15, -0.1) is 0 Å². The summed E-state index contributed by atoms with van der Waals surface area (Å²) in [6, 6.07) is 13.9. The van der Waals surface area contributed by atoms with E-state index in [0.29, 0.717) is 0 Å². The molecule has 5 aromatic rings. The summed E-state index contributed by atoms with van der Waals surface area (Å²) in [5, 5.41) is 38.2. The van der Waals surface area contributed by atoms with E-state index in [2.05, 4.69) is 19.9 Å². The van der Waals surface area contributed by atoms with Crippen molar-refractivity contribution in [1.82, 2.24) is 19.9 Å². The molecule has 194 valence electrons. The van der Waals surface area contributed by atoms with Crippen LogP contribution in [0.15, 0.2) is 47.5 Å². The zero-order chi connectivity index (χ0) is 29.4. The Kier molecular flexibility index (Phi) is 4.96. The van der Waals surface area contributed by atoms with Crippen LogP contribution in [0.4, 0.5) is 17.6 Å². The average molecular weight is 554 g/mol. The zero-order valence-electron chi connectivity index (χ0n) is 20.6. The highest BCUT2D eigenvalue weighted by Gasteiger charge is 2.35. The quantitative estimate of drug-likeness (QED) is 0.130. The van der Waals surface area contributed by atoms with Crippen molar-refractivity contribution in [3.05, 3.63) is 93.3 Å². The van der Waals surface area contributed by atoms with E-state index in [1.807, 2.05) is 0 Å². The Bertz CT molecular complexity index is 2200. The summed E-state index contributed by atoms with van der Waals surface area (Å²) in [5.41, 5.74) is -2.86. The predicted octanol–water partition coefficient (Wildman–Crippen LogP) is 5.79. The molecule has 7 rings (SSSR count). The summed E-state index contributed by atoms with van der Waals surface area (Å²) in [5.74, 6) is -3.62. The molecule has 0 atom stereocenters. The van der Waals surface area contributed by atoms with Gasteiger partial charge in [-0.2, -0.15) is 21.0 Å². The molecular weight excluding hydrogens is 548 g/mol. The van der Waals surface area contributed by atoms with Gasteiger partial charge in [0.2, 0.25) is 0 Å². The molecular formula is C30H6F4N8. The summed E-state index contributed by atoms with van der Waals surface area (Å²) in [6.45, 7) is 0. The van der Waals surface area contributed by atoms with Crippen molar-refractivity contribution >= 4 is 33.2 Å². The van der Waals surface area contributed by atoms with Crippen molar-refractivity contribution in [3.63, 3.8) is 0 Å². The highest BCUT2D eigenvalue weighted by molar-refractivity contribution is 6.06. The number of nitriles is 4. The van der Waals surface area contributed by atoms with E-state index in [-0.39, 0.29) is 56.2 Å².